The van der Waals surface area contributed by atoms with Crippen LogP contribution in [0.4, 0.5) is 0 Å². The van der Waals surface area contributed by atoms with Gasteiger partial charge in [0, 0.05) is 26.2 Å². The topological polar surface area (TPSA) is 54.1 Å². The smallest absolute Gasteiger partial charge is 0.191 e. The fourth-order valence-corrected chi connectivity index (χ4v) is 2.46. The van der Waals surface area contributed by atoms with Gasteiger partial charge in [-0.1, -0.05) is 6.92 Å². The Labute approximate surface area is 104 Å². The minimum atomic E-state index is 0.689. The zero-order valence-corrected chi connectivity index (χ0v) is 10.8. The molecule has 5 heteroatoms. The lowest BCUT2D eigenvalue weighted by Gasteiger charge is -2.27. The lowest BCUT2D eigenvalue weighted by atomic mass is 10.1. The molecule has 98 valence electrons. The van der Waals surface area contributed by atoms with Crippen molar-refractivity contribution in [2.45, 2.75) is 13.3 Å². The molecule has 0 saturated carbocycles. The van der Waals surface area contributed by atoms with E-state index in [9.17, 15) is 0 Å². The molecule has 0 bridgehead atoms. The first kappa shape index (κ1) is 12.6. The number of aliphatic imine (C=N–C) groups is 1. The summed E-state index contributed by atoms with van der Waals surface area (Å²) < 4.78 is 5.30. The molecule has 1 unspecified atom stereocenters. The van der Waals surface area contributed by atoms with E-state index < -0.39 is 0 Å². The second kappa shape index (κ2) is 6.21. The second-order valence-corrected chi connectivity index (χ2v) is 4.85. The highest BCUT2D eigenvalue weighted by atomic mass is 16.5. The van der Waals surface area contributed by atoms with E-state index >= 15 is 0 Å². The Morgan fingerprint density at radius 3 is 2.76 bits per heavy atom. The Morgan fingerprint density at radius 1 is 1.35 bits per heavy atom. The Hall–Kier alpha value is -0.810. The van der Waals surface area contributed by atoms with Gasteiger partial charge in [-0.3, -0.25) is 4.99 Å². The molecule has 2 rings (SSSR count). The third-order valence-electron chi connectivity index (χ3n) is 3.66. The van der Waals surface area contributed by atoms with Crippen LogP contribution >= 0.6 is 0 Å². The van der Waals surface area contributed by atoms with E-state index in [2.05, 4.69) is 21.7 Å². The van der Waals surface area contributed by atoms with Crippen molar-refractivity contribution in [2.24, 2.45) is 16.6 Å². The predicted octanol–water partition coefficient (Wildman–Crippen LogP) is -0.0249. The van der Waals surface area contributed by atoms with E-state index in [-0.39, 0.29) is 0 Å². The number of guanidine groups is 1. The Morgan fingerprint density at radius 2 is 2.12 bits per heavy atom. The molecule has 2 aliphatic heterocycles. The molecule has 1 atom stereocenters. The molecular formula is C12H24N4O. The van der Waals surface area contributed by atoms with Crippen molar-refractivity contribution in [3.63, 3.8) is 0 Å². The molecule has 5 nitrogen and oxygen atoms in total. The summed E-state index contributed by atoms with van der Waals surface area (Å²) >= 11 is 0. The van der Waals surface area contributed by atoms with Gasteiger partial charge in [0.15, 0.2) is 5.96 Å². The molecule has 0 aliphatic carbocycles. The zero-order chi connectivity index (χ0) is 12.1. The first-order valence-electron chi connectivity index (χ1n) is 6.64. The number of nitrogens with zero attached hydrogens (tertiary/aromatic N) is 3. The normalized spacial score (nSPS) is 27.7. The van der Waals surface area contributed by atoms with Gasteiger partial charge in [-0.2, -0.15) is 0 Å². The monoisotopic (exact) mass is 240 g/mol. The van der Waals surface area contributed by atoms with Crippen molar-refractivity contribution >= 4 is 5.96 Å². The lowest BCUT2D eigenvalue weighted by molar-refractivity contribution is 0.0674. The zero-order valence-electron chi connectivity index (χ0n) is 10.8. The van der Waals surface area contributed by atoms with Crippen molar-refractivity contribution in [1.29, 1.82) is 0 Å². The van der Waals surface area contributed by atoms with Gasteiger partial charge in [-0.25, -0.2) is 0 Å². The van der Waals surface area contributed by atoms with E-state index in [0.29, 0.717) is 11.9 Å². The highest BCUT2D eigenvalue weighted by molar-refractivity contribution is 5.78. The summed E-state index contributed by atoms with van der Waals surface area (Å²) in [6.07, 6.45) is 1.26. The Kier molecular flexibility index (Phi) is 4.62. The molecule has 0 aromatic rings. The average molecular weight is 240 g/mol. The van der Waals surface area contributed by atoms with Crippen LogP contribution in [0, 0.1) is 5.92 Å². The van der Waals surface area contributed by atoms with E-state index in [1.165, 1.54) is 19.5 Å². The molecular weight excluding hydrogens is 216 g/mol. The van der Waals surface area contributed by atoms with Crippen molar-refractivity contribution in [2.75, 3.05) is 52.5 Å². The standard InChI is InChI=1S/C12H24N4O/c1-2-15-4-3-11(10-15)9-14-12(13)16-5-7-17-8-6-16/h11H,2-10H2,1H3,(H2,13,14). The van der Waals surface area contributed by atoms with Crippen LogP contribution in [0.1, 0.15) is 13.3 Å². The molecule has 2 N–H and O–H groups in total. The van der Waals surface area contributed by atoms with Gasteiger partial charge in [0.05, 0.1) is 13.2 Å². The van der Waals surface area contributed by atoms with Crippen LogP contribution in [0.3, 0.4) is 0 Å². The average Bonchev–Trinajstić information content (AvgIpc) is 2.85. The SMILES string of the molecule is CCN1CCC(CN=C(N)N2CCOCC2)C1. The van der Waals surface area contributed by atoms with Crippen LogP contribution in [-0.2, 0) is 4.74 Å². The largest absolute Gasteiger partial charge is 0.378 e. The number of nitrogens with two attached hydrogens (primary N) is 1. The maximum atomic E-state index is 6.00. The second-order valence-electron chi connectivity index (χ2n) is 4.85. The van der Waals surface area contributed by atoms with Crippen LogP contribution in [0.2, 0.25) is 0 Å². The molecule has 0 aromatic heterocycles. The van der Waals surface area contributed by atoms with Gasteiger partial charge in [-0.05, 0) is 25.4 Å². The van der Waals surface area contributed by atoms with Crippen LogP contribution < -0.4 is 5.73 Å². The highest BCUT2D eigenvalue weighted by Gasteiger charge is 2.21. The predicted molar refractivity (Wildman–Crippen MR) is 69.1 cm³/mol. The van der Waals surface area contributed by atoms with Crippen molar-refractivity contribution in [1.82, 2.24) is 9.80 Å². The van der Waals surface area contributed by atoms with Crippen molar-refractivity contribution in [3.8, 4) is 0 Å². The summed E-state index contributed by atoms with van der Waals surface area (Å²) in [6.45, 7) is 9.92. The van der Waals surface area contributed by atoms with Crippen LogP contribution in [-0.4, -0.2) is 68.2 Å². The maximum absolute atomic E-state index is 6.00. The number of rotatable bonds is 3. The van der Waals surface area contributed by atoms with Crippen LogP contribution in [0.15, 0.2) is 4.99 Å². The number of ether oxygens (including phenoxy) is 1. The van der Waals surface area contributed by atoms with Crippen molar-refractivity contribution in [3.05, 3.63) is 0 Å². The summed E-state index contributed by atoms with van der Waals surface area (Å²) in [4.78, 5) is 9.14. The summed E-state index contributed by atoms with van der Waals surface area (Å²) in [5.74, 6) is 1.39. The molecule has 2 heterocycles. The number of hydrogen-bond acceptors (Lipinski definition) is 3. The third kappa shape index (κ3) is 3.57. The van der Waals surface area contributed by atoms with E-state index in [1.54, 1.807) is 0 Å². The van der Waals surface area contributed by atoms with E-state index in [1.807, 2.05) is 0 Å². The van der Waals surface area contributed by atoms with Crippen LogP contribution in [0.5, 0.6) is 0 Å². The third-order valence-corrected chi connectivity index (χ3v) is 3.66. The summed E-state index contributed by atoms with van der Waals surface area (Å²) in [6, 6.07) is 0. The Bertz CT molecular complexity index is 263. The summed E-state index contributed by atoms with van der Waals surface area (Å²) in [7, 11) is 0. The number of hydrogen-bond donors (Lipinski definition) is 1. The molecule has 17 heavy (non-hydrogen) atoms. The molecule has 0 spiro atoms. The summed E-state index contributed by atoms with van der Waals surface area (Å²) in [5, 5.41) is 0. The molecule has 0 amide bonds. The Balaban J connectivity index is 1.75. The molecule has 2 aliphatic rings. The minimum Gasteiger partial charge on any atom is -0.378 e. The highest BCUT2D eigenvalue weighted by Crippen LogP contribution is 2.15. The van der Waals surface area contributed by atoms with Gasteiger partial charge in [0.2, 0.25) is 0 Å². The number of morpholine rings is 1. The lowest BCUT2D eigenvalue weighted by Crippen LogP contribution is -2.45. The molecule has 2 saturated heterocycles. The summed E-state index contributed by atoms with van der Waals surface area (Å²) in [5.41, 5.74) is 6.00. The quantitative estimate of drug-likeness (QED) is 0.556. The fourth-order valence-electron chi connectivity index (χ4n) is 2.46. The number of likely N-dealkylation sites (tertiary alicyclic amines) is 1. The van der Waals surface area contributed by atoms with Gasteiger partial charge in [-0.15, -0.1) is 0 Å². The van der Waals surface area contributed by atoms with Gasteiger partial charge in [0.1, 0.15) is 0 Å². The van der Waals surface area contributed by atoms with Gasteiger partial charge in [0.25, 0.3) is 0 Å². The van der Waals surface area contributed by atoms with Gasteiger partial charge >= 0.3 is 0 Å². The van der Waals surface area contributed by atoms with Gasteiger partial charge < -0.3 is 20.3 Å². The van der Waals surface area contributed by atoms with E-state index in [4.69, 9.17) is 10.5 Å². The molecule has 2 fully saturated rings. The van der Waals surface area contributed by atoms with Crippen LogP contribution in [0.25, 0.3) is 0 Å². The fraction of sp³-hybridized carbons (Fsp3) is 0.917. The molecule has 0 aromatic carbocycles. The van der Waals surface area contributed by atoms with E-state index in [0.717, 1.165) is 39.4 Å². The first-order chi connectivity index (χ1) is 8.29. The minimum absolute atomic E-state index is 0.689. The van der Waals surface area contributed by atoms with Crippen molar-refractivity contribution < 1.29 is 4.74 Å². The first-order valence-corrected chi connectivity index (χ1v) is 6.64. The maximum Gasteiger partial charge on any atom is 0.191 e. The molecule has 0 radical (unpaired) electrons.